The molecular formula is C42H32BBrCl2N8O8. The van der Waals surface area contributed by atoms with E-state index in [9.17, 15) is 29.8 Å². The molecule has 0 saturated heterocycles. The van der Waals surface area contributed by atoms with Crippen LogP contribution in [0.25, 0.3) is 22.4 Å². The second-order valence-corrected chi connectivity index (χ2v) is 15.1. The molecule has 0 unspecified atom stereocenters. The highest BCUT2D eigenvalue weighted by atomic mass is 79.9. The number of nitrogens with one attached hydrogen (secondary N) is 2. The molecule has 8 aromatic rings. The molecule has 16 nitrogen and oxygen atoms in total. The average molecular weight is 938 g/mol. The van der Waals surface area contributed by atoms with Gasteiger partial charge in [0.15, 0.2) is 0 Å². The van der Waals surface area contributed by atoms with Gasteiger partial charge in [-0.1, -0.05) is 23.2 Å². The van der Waals surface area contributed by atoms with E-state index in [1.165, 1.54) is 18.2 Å². The molecule has 0 aliphatic carbocycles. The summed E-state index contributed by atoms with van der Waals surface area (Å²) in [5.74, 6) is -0.738. The number of anilines is 2. The lowest BCUT2D eigenvalue weighted by Gasteiger charge is -2.11. The van der Waals surface area contributed by atoms with Crippen molar-refractivity contribution >= 4 is 97.6 Å². The predicted octanol–water partition coefficient (Wildman–Crippen LogP) is 8.71. The highest BCUT2D eigenvalue weighted by Crippen LogP contribution is 2.35. The van der Waals surface area contributed by atoms with E-state index in [1.54, 1.807) is 102 Å². The van der Waals surface area contributed by atoms with E-state index in [4.69, 9.17) is 33.2 Å². The number of halogens is 3. The number of carbonyl (C=O) groups excluding carboxylic acids is 2. The maximum absolute atomic E-state index is 12.4. The first kappa shape index (κ1) is 44.6. The monoisotopic (exact) mass is 936 g/mol. The second-order valence-electron chi connectivity index (χ2n) is 13.4. The number of aryl methyl sites for hydroxylation is 2. The minimum atomic E-state index is -1.42. The Hall–Kier alpha value is -6.96. The third kappa shape index (κ3) is 10.9. The van der Waals surface area contributed by atoms with Crippen LogP contribution >= 0.6 is 39.1 Å². The second kappa shape index (κ2) is 19.6. The fraction of sp³-hybridized carbons (Fsp3) is 0.0476. The summed E-state index contributed by atoms with van der Waals surface area (Å²) in [6.07, 6.45) is 10.4. The number of aromatic nitrogens is 4. The van der Waals surface area contributed by atoms with E-state index >= 15 is 0 Å². The maximum atomic E-state index is 12.4. The van der Waals surface area contributed by atoms with Crippen LogP contribution in [0.2, 0.25) is 10.0 Å². The molecule has 8 rings (SSSR count). The molecule has 0 saturated carbocycles. The lowest BCUT2D eigenvalue weighted by Crippen LogP contribution is -2.32. The Morgan fingerprint density at radius 3 is 1.63 bits per heavy atom. The van der Waals surface area contributed by atoms with Gasteiger partial charge < -0.3 is 29.5 Å². The van der Waals surface area contributed by atoms with Crippen LogP contribution in [0.1, 0.15) is 31.8 Å². The van der Waals surface area contributed by atoms with E-state index < -0.39 is 17.0 Å². The number of hydrogen-bond acceptors (Lipinski definition) is 10. The largest absolute Gasteiger partial charge is 0.490 e. The lowest BCUT2D eigenvalue weighted by molar-refractivity contribution is -0.385. The Morgan fingerprint density at radius 1 is 0.661 bits per heavy atom. The molecule has 4 heterocycles. The maximum Gasteiger partial charge on any atom is 0.490 e. The third-order valence-electron chi connectivity index (χ3n) is 9.15. The van der Waals surface area contributed by atoms with Crippen molar-refractivity contribution in [3.8, 4) is 11.1 Å². The smallest absolute Gasteiger partial charge is 0.423 e. The van der Waals surface area contributed by atoms with E-state index in [1.807, 2.05) is 36.6 Å². The van der Waals surface area contributed by atoms with Crippen LogP contribution in [0.3, 0.4) is 0 Å². The van der Waals surface area contributed by atoms with Crippen molar-refractivity contribution in [2.45, 2.75) is 13.8 Å². The molecule has 4 aromatic carbocycles. The fourth-order valence-corrected chi connectivity index (χ4v) is 6.66. The van der Waals surface area contributed by atoms with Crippen molar-refractivity contribution in [3.05, 3.63) is 191 Å². The summed E-state index contributed by atoms with van der Waals surface area (Å²) in [6.45, 7) is 3.70. The number of benzene rings is 4. The third-order valence-corrected chi connectivity index (χ3v) is 10.3. The Morgan fingerprint density at radius 2 is 1.13 bits per heavy atom. The van der Waals surface area contributed by atoms with Gasteiger partial charge in [-0.25, -0.2) is 9.97 Å². The molecule has 0 fully saturated rings. The summed E-state index contributed by atoms with van der Waals surface area (Å²) in [7, 11) is -1.42. The van der Waals surface area contributed by atoms with Gasteiger partial charge in [0.1, 0.15) is 11.3 Å². The highest BCUT2D eigenvalue weighted by Gasteiger charge is 2.20. The van der Waals surface area contributed by atoms with Crippen molar-refractivity contribution in [3.63, 3.8) is 0 Å². The van der Waals surface area contributed by atoms with Crippen molar-refractivity contribution in [2.75, 3.05) is 10.6 Å². The number of nitro groups is 2. The summed E-state index contributed by atoms with van der Waals surface area (Å²) in [5.41, 5.74) is 6.25. The minimum Gasteiger partial charge on any atom is -0.423 e. The topological polar surface area (TPSA) is 220 Å². The normalized spacial score (nSPS) is 10.6. The molecule has 0 spiro atoms. The van der Waals surface area contributed by atoms with Crippen LogP contribution in [0.5, 0.6) is 0 Å². The molecule has 62 heavy (non-hydrogen) atoms. The number of nitro benzene ring substituents is 2. The Balaban J connectivity index is 0.000000168. The molecule has 0 aliphatic heterocycles. The van der Waals surface area contributed by atoms with Gasteiger partial charge in [-0.05, 0) is 126 Å². The fourth-order valence-electron chi connectivity index (χ4n) is 6.01. The summed E-state index contributed by atoms with van der Waals surface area (Å²) in [4.78, 5) is 54.2. The number of hydrogen-bond donors (Lipinski definition) is 4. The van der Waals surface area contributed by atoms with Crippen LogP contribution in [0, 0.1) is 34.1 Å². The van der Waals surface area contributed by atoms with Crippen molar-refractivity contribution in [2.24, 2.45) is 0 Å². The van der Waals surface area contributed by atoms with E-state index in [0.29, 0.717) is 48.0 Å². The van der Waals surface area contributed by atoms with Gasteiger partial charge in [0.05, 0.1) is 19.9 Å². The first-order chi connectivity index (χ1) is 29.6. The first-order valence-corrected chi connectivity index (χ1v) is 19.7. The average Bonchev–Trinajstić information content (AvgIpc) is 3.90. The van der Waals surface area contributed by atoms with E-state index in [0.717, 1.165) is 28.0 Å². The number of nitrogens with zero attached hydrogens (tertiary/aromatic N) is 6. The number of rotatable bonds is 8. The molecule has 0 atom stereocenters. The van der Waals surface area contributed by atoms with E-state index in [2.05, 4.69) is 36.5 Å². The molecular weight excluding hydrogens is 906 g/mol. The van der Waals surface area contributed by atoms with Gasteiger partial charge in [-0.2, -0.15) is 0 Å². The summed E-state index contributed by atoms with van der Waals surface area (Å²) < 4.78 is 3.91. The lowest BCUT2D eigenvalue weighted by atomic mass is 9.79. The quantitative estimate of drug-likeness (QED) is 0.0645. The summed E-state index contributed by atoms with van der Waals surface area (Å²) in [6, 6.07) is 25.4. The van der Waals surface area contributed by atoms with Crippen LogP contribution < -0.4 is 16.1 Å². The summed E-state index contributed by atoms with van der Waals surface area (Å²) >= 11 is 14.7. The molecule has 4 aromatic heterocycles. The molecule has 2 amide bonds. The summed E-state index contributed by atoms with van der Waals surface area (Å²) in [5, 5.41) is 46.9. The molecule has 4 N–H and O–H groups in total. The molecule has 0 radical (unpaired) electrons. The van der Waals surface area contributed by atoms with Gasteiger partial charge in [0.25, 0.3) is 23.2 Å². The number of imidazole rings is 2. The molecule has 0 bridgehead atoms. The standard InChI is InChI=1S/C21H15ClN4O3.C13H8BrClN2O3.C8H9BN2O2/c1-13-10-20-23-8-9-25(20)12-18(13)17-7-6-16(11-19(17)26(28)29)24-21(27)14-2-4-15(22)5-3-14;14-11-6-5-10(7-12(11)17(19)20)16-13(18)8-1-3-9(15)4-2-8;1-6-4-8-10-2-3-11(8)5-7(6)9(12)13/h2-12H,1H3,(H,24,27);1-7H,(H,16,18);2-5,12-13H,1H3. The van der Waals surface area contributed by atoms with Crippen LogP contribution in [0.4, 0.5) is 22.7 Å². The van der Waals surface area contributed by atoms with Crippen molar-refractivity contribution in [1.29, 1.82) is 0 Å². The van der Waals surface area contributed by atoms with Gasteiger partial charge in [0, 0.05) is 92.9 Å². The van der Waals surface area contributed by atoms with Crippen LogP contribution in [-0.4, -0.2) is 57.6 Å². The number of pyridine rings is 2. The molecule has 0 aliphatic rings. The van der Waals surface area contributed by atoms with Crippen molar-refractivity contribution < 1.29 is 29.5 Å². The highest BCUT2D eigenvalue weighted by molar-refractivity contribution is 9.10. The number of carbonyl (C=O) groups is 2. The minimum absolute atomic E-state index is 0.0959. The van der Waals surface area contributed by atoms with Gasteiger partial charge in [-0.15, -0.1) is 0 Å². The Labute approximate surface area is 371 Å². The Bertz CT molecular complexity index is 2960. The number of amides is 2. The predicted molar refractivity (Wildman–Crippen MR) is 241 cm³/mol. The SMILES string of the molecule is Cc1cc2nccn2cc1-c1ccc(NC(=O)c2ccc(Cl)cc2)cc1[N+](=O)[O-].Cc1cc2nccn2cc1B(O)O.O=C(Nc1ccc(Br)c([N+](=O)[O-])c1)c1ccc(Cl)cc1. The number of fused-ring (bicyclic) bond motifs is 2. The van der Waals surface area contributed by atoms with Crippen LogP contribution in [-0.2, 0) is 0 Å². The zero-order chi connectivity index (χ0) is 44.7. The first-order valence-electron chi connectivity index (χ1n) is 18.2. The van der Waals surface area contributed by atoms with Gasteiger partial charge in [-0.3, -0.25) is 29.8 Å². The van der Waals surface area contributed by atoms with Gasteiger partial charge >= 0.3 is 7.12 Å². The Kier molecular flexibility index (Phi) is 14.1. The van der Waals surface area contributed by atoms with Gasteiger partial charge in [0.2, 0.25) is 0 Å². The zero-order valence-electron chi connectivity index (χ0n) is 32.4. The van der Waals surface area contributed by atoms with Crippen LogP contribution in [0.15, 0.2) is 139 Å². The molecule has 20 heteroatoms. The van der Waals surface area contributed by atoms with E-state index in [-0.39, 0.29) is 23.2 Å². The molecule has 312 valence electrons. The zero-order valence-corrected chi connectivity index (χ0v) is 35.5. The van der Waals surface area contributed by atoms with Crippen molar-refractivity contribution in [1.82, 2.24) is 18.8 Å².